The molecule has 1 saturated heterocycles. The molecule has 1 unspecified atom stereocenters. The van der Waals surface area contributed by atoms with E-state index in [2.05, 4.69) is 60.4 Å². The Hall–Kier alpha value is -1.93. The fourth-order valence-corrected chi connectivity index (χ4v) is 5.03. The SMILES string of the molecule is CCC(=O)C(c1ccccc1)(c1ccccc1)C(C)CN1CCCCCCC1. The monoisotopic (exact) mass is 377 g/mol. The number of nitrogens with zero attached hydrogens (tertiary/aromatic N) is 1. The van der Waals surface area contributed by atoms with Crippen LogP contribution in [0.3, 0.4) is 0 Å². The molecule has 0 saturated carbocycles. The summed E-state index contributed by atoms with van der Waals surface area (Å²) in [5, 5.41) is 0. The van der Waals surface area contributed by atoms with Gasteiger partial charge in [-0.3, -0.25) is 4.79 Å². The van der Waals surface area contributed by atoms with E-state index >= 15 is 0 Å². The van der Waals surface area contributed by atoms with Gasteiger partial charge in [0.2, 0.25) is 0 Å². The topological polar surface area (TPSA) is 20.3 Å². The van der Waals surface area contributed by atoms with Crippen molar-refractivity contribution in [2.24, 2.45) is 5.92 Å². The van der Waals surface area contributed by atoms with E-state index in [9.17, 15) is 4.79 Å². The molecule has 0 aromatic heterocycles. The van der Waals surface area contributed by atoms with Gasteiger partial charge in [0.05, 0.1) is 5.41 Å². The first-order valence-electron chi connectivity index (χ1n) is 11.1. The second kappa shape index (κ2) is 10.0. The van der Waals surface area contributed by atoms with Gasteiger partial charge in [-0.1, -0.05) is 93.8 Å². The highest BCUT2D eigenvalue weighted by Crippen LogP contribution is 2.41. The first-order chi connectivity index (χ1) is 13.7. The lowest BCUT2D eigenvalue weighted by Gasteiger charge is -2.41. The molecule has 0 aliphatic carbocycles. The van der Waals surface area contributed by atoms with Crippen LogP contribution in [-0.4, -0.2) is 30.3 Å². The van der Waals surface area contributed by atoms with Crippen LogP contribution < -0.4 is 0 Å². The Kier molecular flexibility index (Phi) is 7.44. The van der Waals surface area contributed by atoms with Gasteiger partial charge in [0, 0.05) is 13.0 Å². The van der Waals surface area contributed by atoms with Crippen LogP contribution in [-0.2, 0) is 10.2 Å². The average Bonchev–Trinajstić information content (AvgIpc) is 2.72. The highest BCUT2D eigenvalue weighted by molar-refractivity contribution is 5.94. The van der Waals surface area contributed by atoms with E-state index in [1.54, 1.807) is 0 Å². The normalized spacial score (nSPS) is 17.5. The van der Waals surface area contributed by atoms with Gasteiger partial charge in [-0.25, -0.2) is 0 Å². The van der Waals surface area contributed by atoms with Gasteiger partial charge < -0.3 is 4.90 Å². The number of carbonyl (C=O) groups is 1. The van der Waals surface area contributed by atoms with Crippen molar-refractivity contribution in [2.75, 3.05) is 19.6 Å². The smallest absolute Gasteiger partial charge is 0.147 e. The molecule has 0 spiro atoms. The van der Waals surface area contributed by atoms with Crippen molar-refractivity contribution < 1.29 is 4.79 Å². The maximum atomic E-state index is 13.6. The first kappa shape index (κ1) is 20.8. The molecule has 3 rings (SSSR count). The summed E-state index contributed by atoms with van der Waals surface area (Å²) in [6.45, 7) is 7.57. The number of carbonyl (C=O) groups excluding carboxylic acids is 1. The number of hydrogen-bond donors (Lipinski definition) is 0. The molecule has 2 aromatic carbocycles. The van der Waals surface area contributed by atoms with Crippen molar-refractivity contribution >= 4 is 5.78 Å². The Bertz CT molecular complexity index is 677. The van der Waals surface area contributed by atoms with Gasteiger partial charge in [0.25, 0.3) is 0 Å². The Morgan fingerprint density at radius 1 is 0.857 bits per heavy atom. The summed E-state index contributed by atoms with van der Waals surface area (Å²) in [6, 6.07) is 20.9. The standard InChI is InChI=1S/C26H35NO/c1-3-25(28)26(23-15-9-7-10-16-23,24-17-11-8-12-18-24)22(2)21-27-19-13-5-4-6-14-20-27/h7-12,15-18,22H,3-6,13-14,19-21H2,1-2H3. The average molecular weight is 378 g/mol. The number of benzene rings is 2. The summed E-state index contributed by atoms with van der Waals surface area (Å²) in [6.07, 6.45) is 7.14. The third-order valence-corrected chi connectivity index (χ3v) is 6.44. The fraction of sp³-hybridized carbons (Fsp3) is 0.500. The summed E-state index contributed by atoms with van der Waals surface area (Å²) in [7, 11) is 0. The number of ketones is 1. The molecule has 1 heterocycles. The molecule has 1 aliphatic rings. The lowest BCUT2D eigenvalue weighted by atomic mass is 9.63. The molecule has 1 fully saturated rings. The summed E-state index contributed by atoms with van der Waals surface area (Å²) < 4.78 is 0. The van der Waals surface area contributed by atoms with Crippen LogP contribution in [0.15, 0.2) is 60.7 Å². The van der Waals surface area contributed by atoms with E-state index in [-0.39, 0.29) is 5.92 Å². The second-order valence-corrected chi connectivity index (χ2v) is 8.29. The van der Waals surface area contributed by atoms with Crippen LogP contribution in [0.4, 0.5) is 0 Å². The molecule has 0 bridgehead atoms. The molecule has 1 atom stereocenters. The van der Waals surface area contributed by atoms with Gasteiger partial charge >= 0.3 is 0 Å². The second-order valence-electron chi connectivity index (χ2n) is 8.29. The lowest BCUT2D eigenvalue weighted by Crippen LogP contribution is -2.48. The van der Waals surface area contributed by atoms with E-state index in [1.807, 2.05) is 19.1 Å². The van der Waals surface area contributed by atoms with E-state index < -0.39 is 5.41 Å². The molecule has 2 aromatic rings. The van der Waals surface area contributed by atoms with Gasteiger partial charge in [0.15, 0.2) is 0 Å². The summed E-state index contributed by atoms with van der Waals surface area (Å²) >= 11 is 0. The van der Waals surface area contributed by atoms with E-state index in [0.717, 1.165) is 30.8 Å². The number of rotatable bonds is 7. The minimum absolute atomic E-state index is 0.212. The zero-order valence-electron chi connectivity index (χ0n) is 17.6. The van der Waals surface area contributed by atoms with Crippen molar-refractivity contribution in [3.63, 3.8) is 0 Å². The largest absolute Gasteiger partial charge is 0.303 e. The van der Waals surface area contributed by atoms with Crippen LogP contribution in [0.25, 0.3) is 0 Å². The van der Waals surface area contributed by atoms with Crippen molar-refractivity contribution in [3.05, 3.63) is 71.8 Å². The van der Waals surface area contributed by atoms with Crippen molar-refractivity contribution in [1.82, 2.24) is 4.90 Å². The van der Waals surface area contributed by atoms with Crippen LogP contribution in [0.1, 0.15) is 63.5 Å². The predicted octanol–water partition coefficient (Wildman–Crippen LogP) is 5.85. The van der Waals surface area contributed by atoms with Gasteiger partial charge in [0.1, 0.15) is 5.78 Å². The molecule has 1 aliphatic heterocycles. The Labute approximate surface area is 171 Å². The van der Waals surface area contributed by atoms with Crippen molar-refractivity contribution in [3.8, 4) is 0 Å². The van der Waals surface area contributed by atoms with Crippen LogP contribution in [0, 0.1) is 5.92 Å². The maximum absolute atomic E-state index is 13.6. The summed E-state index contributed by atoms with van der Waals surface area (Å²) in [5.74, 6) is 0.536. The minimum Gasteiger partial charge on any atom is -0.303 e. The third kappa shape index (κ3) is 4.38. The number of likely N-dealkylation sites (tertiary alicyclic amines) is 1. The molecule has 2 heteroatoms. The maximum Gasteiger partial charge on any atom is 0.147 e. The minimum atomic E-state index is -0.584. The Balaban J connectivity index is 2.02. The molecule has 28 heavy (non-hydrogen) atoms. The first-order valence-corrected chi connectivity index (χ1v) is 11.1. The fourth-order valence-electron chi connectivity index (χ4n) is 5.03. The Morgan fingerprint density at radius 3 is 1.79 bits per heavy atom. The highest BCUT2D eigenvalue weighted by atomic mass is 16.1. The molecular formula is C26H35NO. The number of hydrogen-bond acceptors (Lipinski definition) is 2. The van der Waals surface area contributed by atoms with E-state index in [0.29, 0.717) is 12.2 Å². The quantitative estimate of drug-likeness (QED) is 0.603. The zero-order valence-corrected chi connectivity index (χ0v) is 17.6. The van der Waals surface area contributed by atoms with Gasteiger partial charge in [-0.15, -0.1) is 0 Å². The van der Waals surface area contributed by atoms with Gasteiger partial charge in [-0.05, 0) is 43.0 Å². The molecule has 0 amide bonds. The van der Waals surface area contributed by atoms with Crippen LogP contribution >= 0.6 is 0 Å². The van der Waals surface area contributed by atoms with Crippen molar-refractivity contribution in [1.29, 1.82) is 0 Å². The highest BCUT2D eigenvalue weighted by Gasteiger charge is 2.45. The molecule has 0 radical (unpaired) electrons. The molecule has 0 N–H and O–H groups in total. The lowest BCUT2D eigenvalue weighted by molar-refractivity contribution is -0.124. The molecular weight excluding hydrogens is 342 g/mol. The van der Waals surface area contributed by atoms with Crippen molar-refractivity contribution in [2.45, 2.75) is 57.8 Å². The van der Waals surface area contributed by atoms with Crippen LogP contribution in [0.2, 0.25) is 0 Å². The zero-order chi connectivity index (χ0) is 19.8. The predicted molar refractivity (Wildman–Crippen MR) is 118 cm³/mol. The van der Waals surface area contributed by atoms with Crippen LogP contribution in [0.5, 0.6) is 0 Å². The molecule has 150 valence electrons. The Morgan fingerprint density at radius 2 is 1.32 bits per heavy atom. The van der Waals surface area contributed by atoms with E-state index in [4.69, 9.17) is 0 Å². The van der Waals surface area contributed by atoms with E-state index in [1.165, 1.54) is 32.1 Å². The number of Topliss-reactive ketones (excluding diaryl/α,β-unsaturated/α-hetero) is 1. The molecule has 2 nitrogen and oxygen atoms in total. The summed E-state index contributed by atoms with van der Waals surface area (Å²) in [5.41, 5.74) is 1.68. The summed E-state index contributed by atoms with van der Waals surface area (Å²) in [4.78, 5) is 16.2. The third-order valence-electron chi connectivity index (χ3n) is 6.44. The van der Waals surface area contributed by atoms with Gasteiger partial charge in [-0.2, -0.15) is 0 Å².